The minimum atomic E-state index is -1.04. The van der Waals surface area contributed by atoms with Crippen LogP contribution in [0.2, 0.25) is 5.02 Å². The number of ether oxygens (including phenoxy) is 2. The summed E-state index contributed by atoms with van der Waals surface area (Å²) in [5, 5.41) is 22.4. The summed E-state index contributed by atoms with van der Waals surface area (Å²) >= 11 is 6.23. The zero-order valence-electron chi connectivity index (χ0n) is 19.7. The molecular formula is C26H32ClNO6. The molecule has 1 heterocycles. The number of benzene rings is 2. The van der Waals surface area contributed by atoms with E-state index in [9.17, 15) is 19.8 Å². The molecule has 0 spiro atoms. The second-order valence-corrected chi connectivity index (χ2v) is 9.86. The largest absolute Gasteiger partial charge is 0.493 e. The first-order valence-electron chi connectivity index (χ1n) is 11.4. The SMILES string of the molecule is CC(C)COc1ccc(C(=O)O)cc1[C@H]1C[C@](C)(NC(=O)CCO)C[C@@H](c2cccc(Cl)c2)O1. The van der Waals surface area contributed by atoms with Gasteiger partial charge in [-0.2, -0.15) is 0 Å². The van der Waals surface area contributed by atoms with E-state index in [1.807, 2.05) is 39.0 Å². The van der Waals surface area contributed by atoms with Crippen LogP contribution in [0.1, 0.15) is 73.7 Å². The van der Waals surface area contributed by atoms with Gasteiger partial charge in [-0.05, 0) is 48.7 Å². The minimum absolute atomic E-state index is 0.000193. The van der Waals surface area contributed by atoms with Crippen molar-refractivity contribution in [3.8, 4) is 5.75 Å². The number of aliphatic hydroxyl groups is 1. The Balaban J connectivity index is 2.03. The van der Waals surface area contributed by atoms with E-state index in [1.54, 1.807) is 18.2 Å². The Hall–Kier alpha value is -2.61. The number of carboxylic acids is 1. The van der Waals surface area contributed by atoms with Crippen LogP contribution in [0.4, 0.5) is 0 Å². The first-order chi connectivity index (χ1) is 16.1. The molecule has 1 aliphatic rings. The second-order valence-electron chi connectivity index (χ2n) is 9.42. The van der Waals surface area contributed by atoms with E-state index in [4.69, 9.17) is 21.1 Å². The lowest BCUT2D eigenvalue weighted by Crippen LogP contribution is -2.51. The number of hydrogen-bond donors (Lipinski definition) is 3. The maximum absolute atomic E-state index is 12.4. The molecule has 1 amide bonds. The fourth-order valence-electron chi connectivity index (χ4n) is 4.21. The van der Waals surface area contributed by atoms with Crippen LogP contribution in [-0.2, 0) is 9.53 Å². The van der Waals surface area contributed by atoms with E-state index >= 15 is 0 Å². The number of halogens is 1. The summed E-state index contributed by atoms with van der Waals surface area (Å²) in [5.74, 6) is -0.468. The molecule has 0 bridgehead atoms. The molecule has 0 saturated carbocycles. The Morgan fingerprint density at radius 1 is 1.21 bits per heavy atom. The lowest BCUT2D eigenvalue weighted by atomic mass is 9.81. The van der Waals surface area contributed by atoms with Crippen LogP contribution in [0.3, 0.4) is 0 Å². The fraction of sp³-hybridized carbons (Fsp3) is 0.462. The summed E-state index contributed by atoms with van der Waals surface area (Å²) in [6, 6.07) is 12.1. The molecule has 2 aromatic carbocycles. The van der Waals surface area contributed by atoms with Gasteiger partial charge in [0, 0.05) is 35.4 Å². The van der Waals surface area contributed by atoms with E-state index in [0.29, 0.717) is 35.8 Å². The molecular weight excluding hydrogens is 458 g/mol. The van der Waals surface area contributed by atoms with Crippen molar-refractivity contribution >= 4 is 23.5 Å². The molecule has 34 heavy (non-hydrogen) atoms. The quantitative estimate of drug-likeness (QED) is 0.461. The van der Waals surface area contributed by atoms with Crippen LogP contribution >= 0.6 is 11.6 Å². The molecule has 184 valence electrons. The van der Waals surface area contributed by atoms with E-state index in [1.165, 1.54) is 6.07 Å². The van der Waals surface area contributed by atoms with Crippen molar-refractivity contribution in [1.82, 2.24) is 5.32 Å². The average molecular weight is 490 g/mol. The number of carbonyl (C=O) groups is 2. The van der Waals surface area contributed by atoms with E-state index in [-0.39, 0.29) is 30.4 Å². The molecule has 8 heteroatoms. The van der Waals surface area contributed by atoms with E-state index in [0.717, 1.165) is 5.56 Å². The molecule has 2 aromatic rings. The van der Waals surface area contributed by atoms with Gasteiger partial charge in [-0.3, -0.25) is 4.79 Å². The third-order valence-electron chi connectivity index (χ3n) is 5.78. The van der Waals surface area contributed by atoms with Crippen LogP contribution in [-0.4, -0.2) is 40.8 Å². The molecule has 0 aromatic heterocycles. The van der Waals surface area contributed by atoms with Gasteiger partial charge in [0.25, 0.3) is 0 Å². The van der Waals surface area contributed by atoms with Gasteiger partial charge in [0.2, 0.25) is 5.91 Å². The highest BCUT2D eigenvalue weighted by atomic mass is 35.5. The standard InChI is InChI=1S/C26H32ClNO6/c1-16(2)15-33-21-8-7-18(25(31)32)12-20(21)23-14-26(3,28-24(30)9-10-29)13-22(34-23)17-5-4-6-19(27)11-17/h4-8,11-12,16,22-23,29H,9-10,13-15H2,1-3H3,(H,28,30)(H,31,32)/t22-,23+,26+/m0/s1. The predicted molar refractivity (Wildman–Crippen MR) is 129 cm³/mol. The molecule has 3 N–H and O–H groups in total. The zero-order valence-corrected chi connectivity index (χ0v) is 20.5. The highest BCUT2D eigenvalue weighted by Crippen LogP contribution is 2.46. The number of hydrogen-bond acceptors (Lipinski definition) is 5. The van der Waals surface area contributed by atoms with Gasteiger partial charge in [-0.15, -0.1) is 0 Å². The van der Waals surface area contributed by atoms with E-state index in [2.05, 4.69) is 5.32 Å². The van der Waals surface area contributed by atoms with E-state index < -0.39 is 23.7 Å². The number of carboxylic acid groups (broad SMARTS) is 1. The Bertz CT molecular complexity index is 1030. The van der Waals surface area contributed by atoms with Crippen molar-refractivity contribution in [1.29, 1.82) is 0 Å². The Morgan fingerprint density at radius 2 is 1.94 bits per heavy atom. The molecule has 3 atom stereocenters. The van der Waals surface area contributed by atoms with Gasteiger partial charge in [-0.25, -0.2) is 4.79 Å². The lowest BCUT2D eigenvalue weighted by Gasteiger charge is -2.43. The maximum Gasteiger partial charge on any atom is 0.335 e. The molecule has 7 nitrogen and oxygen atoms in total. The molecule has 1 fully saturated rings. The third kappa shape index (κ3) is 6.72. The molecule has 1 aliphatic heterocycles. The van der Waals surface area contributed by atoms with Crippen LogP contribution < -0.4 is 10.1 Å². The summed E-state index contributed by atoms with van der Waals surface area (Å²) in [4.78, 5) is 24.1. The van der Waals surface area contributed by atoms with Crippen molar-refractivity contribution in [2.75, 3.05) is 13.2 Å². The predicted octanol–water partition coefficient (Wildman–Crippen LogP) is 4.92. The molecule has 0 unspecified atom stereocenters. The monoisotopic (exact) mass is 489 g/mol. The van der Waals surface area contributed by atoms with Crippen molar-refractivity contribution in [3.63, 3.8) is 0 Å². The van der Waals surface area contributed by atoms with Gasteiger partial charge in [0.1, 0.15) is 5.75 Å². The van der Waals surface area contributed by atoms with Crippen LogP contribution in [0.15, 0.2) is 42.5 Å². The van der Waals surface area contributed by atoms with Gasteiger partial charge >= 0.3 is 5.97 Å². The van der Waals surface area contributed by atoms with Crippen molar-refractivity contribution < 1.29 is 29.3 Å². The second kappa shape index (κ2) is 11.2. The molecule has 1 saturated heterocycles. The average Bonchev–Trinajstić information content (AvgIpc) is 2.76. The number of aromatic carboxylic acids is 1. The first kappa shape index (κ1) is 26.0. The zero-order chi connectivity index (χ0) is 24.9. The highest BCUT2D eigenvalue weighted by molar-refractivity contribution is 6.30. The highest BCUT2D eigenvalue weighted by Gasteiger charge is 2.41. The molecule has 0 radical (unpaired) electrons. The van der Waals surface area contributed by atoms with Gasteiger partial charge in [0.05, 0.1) is 31.0 Å². The number of carbonyl (C=O) groups excluding carboxylic acids is 1. The fourth-order valence-corrected chi connectivity index (χ4v) is 4.41. The maximum atomic E-state index is 12.4. The van der Waals surface area contributed by atoms with Crippen molar-refractivity contribution in [3.05, 3.63) is 64.2 Å². The van der Waals surface area contributed by atoms with Crippen molar-refractivity contribution in [2.45, 2.75) is 57.8 Å². The summed E-state index contributed by atoms with van der Waals surface area (Å²) in [6.07, 6.45) is -0.0494. The minimum Gasteiger partial charge on any atom is -0.493 e. The summed E-state index contributed by atoms with van der Waals surface area (Å²) < 4.78 is 12.5. The number of aliphatic hydroxyl groups excluding tert-OH is 1. The summed E-state index contributed by atoms with van der Waals surface area (Å²) in [5.41, 5.74) is 0.941. The smallest absolute Gasteiger partial charge is 0.335 e. The van der Waals surface area contributed by atoms with Gasteiger partial charge in [-0.1, -0.05) is 37.6 Å². The number of rotatable bonds is 9. The normalized spacial score (nSPS) is 22.4. The Morgan fingerprint density at radius 3 is 2.59 bits per heavy atom. The Labute approximate surface area is 205 Å². The molecule has 3 rings (SSSR count). The molecule has 0 aliphatic carbocycles. The van der Waals surface area contributed by atoms with Gasteiger partial charge < -0.3 is 25.0 Å². The van der Waals surface area contributed by atoms with Crippen LogP contribution in [0.25, 0.3) is 0 Å². The van der Waals surface area contributed by atoms with Gasteiger partial charge in [0.15, 0.2) is 0 Å². The Kier molecular flexibility index (Phi) is 8.57. The van der Waals surface area contributed by atoms with Crippen molar-refractivity contribution in [2.24, 2.45) is 5.92 Å². The number of amides is 1. The van der Waals surface area contributed by atoms with Crippen LogP contribution in [0, 0.1) is 5.92 Å². The topological polar surface area (TPSA) is 105 Å². The summed E-state index contributed by atoms with van der Waals surface area (Å²) in [6.45, 7) is 6.23. The number of nitrogens with one attached hydrogen (secondary N) is 1. The third-order valence-corrected chi connectivity index (χ3v) is 6.01. The summed E-state index contributed by atoms with van der Waals surface area (Å²) in [7, 11) is 0. The first-order valence-corrected chi connectivity index (χ1v) is 11.8. The van der Waals surface area contributed by atoms with Crippen LogP contribution in [0.5, 0.6) is 5.75 Å². The lowest BCUT2D eigenvalue weighted by molar-refractivity contribution is -0.129.